The van der Waals surface area contributed by atoms with Crippen LogP contribution in [0.4, 0.5) is 5.13 Å². The number of aromatic nitrogens is 3. The standard InChI is InChI=1S/C16H24N4OS/c1-4-11(5-2)12-7-8-19(10-12)16-18-20-14(21)9-13(6-3)17-15(20)22-16/h9,11-12H,4-8,10H2,1-3H3. The first-order valence-corrected chi connectivity index (χ1v) is 9.12. The van der Waals surface area contributed by atoms with Gasteiger partial charge in [0, 0.05) is 24.8 Å². The van der Waals surface area contributed by atoms with Crippen LogP contribution < -0.4 is 10.5 Å². The zero-order valence-corrected chi connectivity index (χ0v) is 14.4. The van der Waals surface area contributed by atoms with Gasteiger partial charge in [0.25, 0.3) is 5.56 Å². The zero-order valence-electron chi connectivity index (χ0n) is 13.6. The molecule has 0 amide bonds. The van der Waals surface area contributed by atoms with E-state index >= 15 is 0 Å². The minimum Gasteiger partial charge on any atom is -0.346 e. The molecule has 1 saturated heterocycles. The van der Waals surface area contributed by atoms with Gasteiger partial charge >= 0.3 is 0 Å². The highest BCUT2D eigenvalue weighted by atomic mass is 32.1. The predicted octanol–water partition coefficient (Wildman–Crippen LogP) is 2.98. The third kappa shape index (κ3) is 2.76. The highest BCUT2D eigenvalue weighted by molar-refractivity contribution is 7.20. The molecule has 1 fully saturated rings. The van der Waals surface area contributed by atoms with Crippen molar-refractivity contribution >= 4 is 21.4 Å². The average Bonchev–Trinajstić information content (AvgIpc) is 3.15. The maximum absolute atomic E-state index is 12.1. The SMILES string of the molecule is CCc1cc(=O)n2nc(N3CCC(C(CC)CC)C3)sc2n1. The molecular formula is C16H24N4OS. The van der Waals surface area contributed by atoms with Crippen molar-refractivity contribution in [1.82, 2.24) is 14.6 Å². The number of aryl methyl sites for hydroxylation is 1. The molecule has 6 heteroatoms. The molecule has 3 rings (SSSR count). The summed E-state index contributed by atoms with van der Waals surface area (Å²) >= 11 is 1.53. The second kappa shape index (κ2) is 6.36. The first kappa shape index (κ1) is 15.5. The van der Waals surface area contributed by atoms with E-state index in [-0.39, 0.29) is 5.56 Å². The molecule has 0 bridgehead atoms. The summed E-state index contributed by atoms with van der Waals surface area (Å²) in [6.45, 7) is 8.67. The minimum atomic E-state index is -0.0694. The largest absolute Gasteiger partial charge is 0.346 e. The van der Waals surface area contributed by atoms with E-state index in [0.717, 1.165) is 42.2 Å². The summed E-state index contributed by atoms with van der Waals surface area (Å²) in [6, 6.07) is 1.59. The van der Waals surface area contributed by atoms with Gasteiger partial charge in [-0.05, 0) is 24.7 Å². The van der Waals surface area contributed by atoms with Crippen LogP contribution in [0.2, 0.25) is 0 Å². The van der Waals surface area contributed by atoms with Crippen LogP contribution in [0.3, 0.4) is 0 Å². The van der Waals surface area contributed by atoms with Gasteiger partial charge in [-0.15, -0.1) is 5.10 Å². The number of rotatable bonds is 5. The van der Waals surface area contributed by atoms with Crippen molar-refractivity contribution in [3.63, 3.8) is 0 Å². The van der Waals surface area contributed by atoms with Crippen molar-refractivity contribution in [1.29, 1.82) is 0 Å². The lowest BCUT2D eigenvalue weighted by Gasteiger charge is -2.20. The molecule has 2 aromatic rings. The Morgan fingerprint density at radius 1 is 1.36 bits per heavy atom. The van der Waals surface area contributed by atoms with E-state index in [9.17, 15) is 4.79 Å². The Labute approximate surface area is 135 Å². The highest BCUT2D eigenvalue weighted by Crippen LogP contribution is 2.33. The second-order valence-electron chi connectivity index (χ2n) is 6.09. The number of nitrogens with zero attached hydrogens (tertiary/aromatic N) is 4. The van der Waals surface area contributed by atoms with Gasteiger partial charge in [0.05, 0.1) is 0 Å². The fraction of sp³-hybridized carbons (Fsp3) is 0.688. The molecule has 0 radical (unpaired) electrons. The smallest absolute Gasteiger partial charge is 0.275 e. The predicted molar refractivity (Wildman–Crippen MR) is 90.9 cm³/mol. The Morgan fingerprint density at radius 2 is 2.14 bits per heavy atom. The zero-order chi connectivity index (χ0) is 15.7. The third-order valence-electron chi connectivity index (χ3n) is 4.86. The van der Waals surface area contributed by atoms with Crippen molar-refractivity contribution in [2.45, 2.75) is 46.5 Å². The maximum Gasteiger partial charge on any atom is 0.275 e. The van der Waals surface area contributed by atoms with Gasteiger partial charge in [0.2, 0.25) is 10.1 Å². The lowest BCUT2D eigenvalue weighted by Crippen LogP contribution is -2.23. The van der Waals surface area contributed by atoms with Gasteiger partial charge in [-0.3, -0.25) is 4.79 Å². The van der Waals surface area contributed by atoms with Gasteiger partial charge in [0.1, 0.15) is 0 Å². The Balaban J connectivity index is 1.86. The number of hydrogen-bond donors (Lipinski definition) is 0. The van der Waals surface area contributed by atoms with Crippen LogP contribution in [0.15, 0.2) is 10.9 Å². The molecule has 0 spiro atoms. The van der Waals surface area contributed by atoms with Gasteiger partial charge in [-0.2, -0.15) is 4.52 Å². The number of fused-ring (bicyclic) bond motifs is 1. The van der Waals surface area contributed by atoms with Crippen molar-refractivity contribution in [2.75, 3.05) is 18.0 Å². The summed E-state index contributed by atoms with van der Waals surface area (Å²) < 4.78 is 1.45. The first-order chi connectivity index (χ1) is 10.7. The molecule has 2 aromatic heterocycles. The number of hydrogen-bond acceptors (Lipinski definition) is 5. The highest BCUT2D eigenvalue weighted by Gasteiger charge is 2.29. The third-order valence-corrected chi connectivity index (χ3v) is 5.83. The van der Waals surface area contributed by atoms with E-state index in [0.29, 0.717) is 4.96 Å². The van der Waals surface area contributed by atoms with Gasteiger partial charge < -0.3 is 4.90 Å². The van der Waals surface area contributed by atoms with Gasteiger partial charge in [-0.1, -0.05) is 44.9 Å². The van der Waals surface area contributed by atoms with E-state index in [2.05, 4.69) is 28.8 Å². The van der Waals surface area contributed by atoms with Crippen molar-refractivity contribution in [2.24, 2.45) is 11.8 Å². The Kier molecular flexibility index (Phi) is 4.47. The van der Waals surface area contributed by atoms with Crippen LogP contribution in [0, 0.1) is 11.8 Å². The molecule has 1 atom stereocenters. The molecule has 0 N–H and O–H groups in total. The molecule has 1 aliphatic rings. The summed E-state index contributed by atoms with van der Waals surface area (Å²) in [4.78, 5) is 19.7. The molecule has 1 unspecified atom stereocenters. The summed E-state index contributed by atoms with van der Waals surface area (Å²) in [5.74, 6) is 1.55. The van der Waals surface area contributed by atoms with E-state index in [1.165, 1.54) is 35.1 Å². The fourth-order valence-corrected chi connectivity index (χ4v) is 4.42. The quantitative estimate of drug-likeness (QED) is 0.850. The van der Waals surface area contributed by atoms with Crippen molar-refractivity contribution in [3.05, 3.63) is 22.1 Å². The normalized spacial score (nSPS) is 18.7. The van der Waals surface area contributed by atoms with Crippen molar-refractivity contribution in [3.8, 4) is 0 Å². The molecule has 120 valence electrons. The maximum atomic E-state index is 12.1. The molecule has 0 aliphatic carbocycles. The van der Waals surface area contributed by atoms with Crippen LogP contribution in [-0.2, 0) is 6.42 Å². The fourth-order valence-electron chi connectivity index (χ4n) is 3.46. The van der Waals surface area contributed by atoms with Crippen LogP contribution in [-0.4, -0.2) is 27.7 Å². The van der Waals surface area contributed by atoms with E-state index in [4.69, 9.17) is 0 Å². The second-order valence-corrected chi connectivity index (χ2v) is 7.02. The van der Waals surface area contributed by atoms with E-state index in [1.807, 2.05) is 6.92 Å². The molecular weight excluding hydrogens is 296 g/mol. The van der Waals surface area contributed by atoms with E-state index < -0.39 is 0 Å². The van der Waals surface area contributed by atoms with Gasteiger partial charge in [-0.25, -0.2) is 4.98 Å². The molecule has 5 nitrogen and oxygen atoms in total. The average molecular weight is 320 g/mol. The summed E-state index contributed by atoms with van der Waals surface area (Å²) in [5, 5.41) is 5.44. The van der Waals surface area contributed by atoms with E-state index in [1.54, 1.807) is 6.07 Å². The summed E-state index contributed by atoms with van der Waals surface area (Å²) in [6.07, 6.45) is 4.50. The van der Waals surface area contributed by atoms with Crippen LogP contribution in [0.5, 0.6) is 0 Å². The van der Waals surface area contributed by atoms with Crippen molar-refractivity contribution < 1.29 is 0 Å². The molecule has 1 aliphatic heterocycles. The Hall–Kier alpha value is -1.43. The van der Waals surface area contributed by atoms with Crippen LogP contribution >= 0.6 is 11.3 Å². The topological polar surface area (TPSA) is 50.5 Å². The lowest BCUT2D eigenvalue weighted by atomic mass is 9.87. The molecule has 3 heterocycles. The minimum absolute atomic E-state index is 0.0694. The Morgan fingerprint density at radius 3 is 2.82 bits per heavy atom. The first-order valence-electron chi connectivity index (χ1n) is 8.31. The summed E-state index contributed by atoms with van der Waals surface area (Å²) in [5.41, 5.74) is 0.775. The molecule has 0 saturated carbocycles. The number of anilines is 1. The Bertz CT molecular complexity index is 704. The summed E-state index contributed by atoms with van der Waals surface area (Å²) in [7, 11) is 0. The monoisotopic (exact) mass is 320 g/mol. The molecule has 22 heavy (non-hydrogen) atoms. The molecule has 0 aromatic carbocycles. The van der Waals surface area contributed by atoms with Crippen LogP contribution in [0.25, 0.3) is 4.96 Å². The lowest BCUT2D eigenvalue weighted by molar-refractivity contribution is 0.339. The van der Waals surface area contributed by atoms with Crippen LogP contribution in [0.1, 0.15) is 45.7 Å². The van der Waals surface area contributed by atoms with Gasteiger partial charge in [0.15, 0.2) is 0 Å².